The summed E-state index contributed by atoms with van der Waals surface area (Å²) >= 11 is 13.3. The van der Waals surface area contributed by atoms with Crippen LogP contribution in [0.15, 0.2) is 83.8 Å². The maximum Gasteiger partial charge on any atom is 0.257 e. The molecule has 0 fully saturated rings. The van der Waals surface area contributed by atoms with Crippen molar-refractivity contribution in [2.75, 3.05) is 11.4 Å². The Labute approximate surface area is 269 Å². The zero-order valence-electron chi connectivity index (χ0n) is 23.7. The lowest BCUT2D eigenvalue weighted by Gasteiger charge is -2.31. The van der Waals surface area contributed by atoms with Crippen LogP contribution in [-0.4, -0.2) is 49.3 Å². The number of aliphatic hydroxyl groups excluding tert-OH is 1. The van der Waals surface area contributed by atoms with Crippen molar-refractivity contribution < 1.29 is 19.9 Å². The Bertz CT molecular complexity index is 1590. The minimum absolute atomic E-state index is 0.0682. The molecule has 2 amide bonds. The number of benzene rings is 3. The number of aliphatic hydroxyl groups is 1. The van der Waals surface area contributed by atoms with Gasteiger partial charge in [-0.25, -0.2) is 9.97 Å². The van der Waals surface area contributed by atoms with Gasteiger partial charge >= 0.3 is 0 Å². The van der Waals surface area contributed by atoms with E-state index in [1.54, 1.807) is 24.3 Å². The van der Waals surface area contributed by atoms with E-state index in [4.69, 9.17) is 33.2 Å². The largest absolute Gasteiger partial charge is 0.383 e. The van der Waals surface area contributed by atoms with E-state index in [-0.39, 0.29) is 18.7 Å². The van der Waals surface area contributed by atoms with Gasteiger partial charge in [0.2, 0.25) is 5.91 Å². The van der Waals surface area contributed by atoms with Gasteiger partial charge in [0, 0.05) is 57.4 Å². The Morgan fingerprint density at radius 1 is 0.886 bits per heavy atom. The molecule has 2 heterocycles. The van der Waals surface area contributed by atoms with Crippen molar-refractivity contribution in [3.05, 3.63) is 94.6 Å². The molecule has 9 nitrogen and oxygen atoms in total. The molecule has 0 saturated carbocycles. The Balaban J connectivity index is 1.23. The van der Waals surface area contributed by atoms with Crippen molar-refractivity contribution >= 4 is 52.8 Å². The molecule has 3 aromatic carbocycles. The minimum Gasteiger partial charge on any atom is -0.383 e. The first-order valence-electron chi connectivity index (χ1n) is 14.2. The van der Waals surface area contributed by atoms with Gasteiger partial charge in [0.1, 0.15) is 6.10 Å². The second-order valence-corrected chi connectivity index (χ2v) is 12.2. The summed E-state index contributed by atoms with van der Waals surface area (Å²) in [5, 5.41) is 21.8. The van der Waals surface area contributed by atoms with Crippen LogP contribution < -0.4 is 10.3 Å². The summed E-state index contributed by atoms with van der Waals surface area (Å²) in [5.41, 5.74) is 5.77. The summed E-state index contributed by atoms with van der Waals surface area (Å²) in [5.74, 6) is -0.270. The van der Waals surface area contributed by atoms with Gasteiger partial charge in [-0.3, -0.25) is 25.1 Å². The molecular weight excluding hydrogens is 621 g/mol. The molecule has 1 aliphatic rings. The average Bonchev–Trinajstić information content (AvgIpc) is 3.01. The van der Waals surface area contributed by atoms with Crippen molar-refractivity contribution in [2.45, 2.75) is 49.5 Å². The van der Waals surface area contributed by atoms with E-state index in [1.807, 2.05) is 54.6 Å². The molecule has 1 aliphatic heterocycles. The van der Waals surface area contributed by atoms with Crippen LogP contribution in [0.4, 0.5) is 5.82 Å². The predicted octanol–water partition coefficient (Wildman–Crippen LogP) is 6.75. The van der Waals surface area contributed by atoms with E-state index in [9.17, 15) is 19.9 Å². The molecule has 1 aromatic heterocycles. The molecule has 228 valence electrons. The first-order chi connectivity index (χ1) is 21.3. The molecule has 0 spiro atoms. The third-order valence-corrected chi connectivity index (χ3v) is 8.32. The topological polar surface area (TPSA) is 119 Å². The summed E-state index contributed by atoms with van der Waals surface area (Å²) in [6, 6.07) is 23.8. The Hall–Kier alpha value is -3.51. The SMILES string of the molecule is O=C(CCCCCCN1C(=O)C(O)Cc2nc(-c3ccc(Cl)cc3)c(-c3ccc(Cl)cc3)nc21)NN(O)Sc1ccccc1. The minimum atomic E-state index is -1.21. The molecule has 1 atom stereocenters. The first-order valence-corrected chi connectivity index (χ1v) is 15.7. The van der Waals surface area contributed by atoms with Crippen molar-refractivity contribution in [3.63, 3.8) is 0 Å². The molecule has 44 heavy (non-hydrogen) atoms. The highest BCUT2D eigenvalue weighted by molar-refractivity contribution is 7.96. The fourth-order valence-corrected chi connectivity index (χ4v) is 5.76. The van der Waals surface area contributed by atoms with Crippen molar-refractivity contribution in [3.8, 4) is 22.5 Å². The number of carbonyl (C=O) groups is 2. The van der Waals surface area contributed by atoms with Gasteiger partial charge in [0.25, 0.3) is 5.91 Å². The number of nitrogens with zero attached hydrogens (tertiary/aromatic N) is 4. The van der Waals surface area contributed by atoms with Crippen LogP contribution >= 0.6 is 35.1 Å². The number of rotatable bonds is 12. The number of halogens is 2. The van der Waals surface area contributed by atoms with Crippen molar-refractivity contribution in [2.24, 2.45) is 0 Å². The third-order valence-electron chi connectivity index (χ3n) is 7.07. The molecule has 5 rings (SSSR count). The number of hydrazine groups is 1. The van der Waals surface area contributed by atoms with Crippen molar-refractivity contribution in [1.82, 2.24) is 20.0 Å². The van der Waals surface area contributed by atoms with Gasteiger partial charge in [0.05, 0.1) is 17.1 Å². The highest BCUT2D eigenvalue weighted by Gasteiger charge is 2.34. The third kappa shape index (κ3) is 8.15. The summed E-state index contributed by atoms with van der Waals surface area (Å²) in [4.78, 5) is 37.5. The van der Waals surface area contributed by atoms with Crippen LogP contribution in [0.3, 0.4) is 0 Å². The molecule has 12 heteroatoms. The summed E-state index contributed by atoms with van der Waals surface area (Å²) in [7, 11) is 0. The van der Waals surface area contributed by atoms with Crippen LogP contribution in [0.25, 0.3) is 22.5 Å². The Kier molecular flexibility index (Phi) is 10.9. The number of aromatic nitrogens is 2. The molecule has 3 N–H and O–H groups in total. The number of fused-ring (bicyclic) bond motifs is 1. The maximum absolute atomic E-state index is 13.1. The zero-order valence-corrected chi connectivity index (χ0v) is 26.0. The lowest BCUT2D eigenvalue weighted by molar-refractivity contribution is -0.134. The van der Waals surface area contributed by atoms with E-state index in [2.05, 4.69) is 5.43 Å². The van der Waals surface area contributed by atoms with Gasteiger partial charge in [-0.1, -0.05) is 78.5 Å². The Morgan fingerprint density at radius 3 is 2.11 bits per heavy atom. The number of carbonyl (C=O) groups excluding carboxylic acids is 2. The zero-order chi connectivity index (χ0) is 31.1. The number of hydrogen-bond acceptors (Lipinski definition) is 8. The fraction of sp³-hybridized carbons (Fsp3) is 0.250. The maximum atomic E-state index is 13.1. The summed E-state index contributed by atoms with van der Waals surface area (Å²) < 4.78 is 0.708. The van der Waals surface area contributed by atoms with Crippen LogP contribution in [0.5, 0.6) is 0 Å². The predicted molar refractivity (Wildman–Crippen MR) is 172 cm³/mol. The smallest absolute Gasteiger partial charge is 0.257 e. The quantitative estimate of drug-likeness (QED) is 0.0875. The van der Waals surface area contributed by atoms with Crippen LogP contribution in [-0.2, 0) is 16.0 Å². The Morgan fingerprint density at radius 2 is 1.48 bits per heavy atom. The molecule has 0 bridgehead atoms. The van der Waals surface area contributed by atoms with Crippen LogP contribution in [0.1, 0.15) is 37.8 Å². The second kappa shape index (κ2) is 15.0. The molecule has 1 unspecified atom stereocenters. The van der Waals surface area contributed by atoms with Gasteiger partial charge in [-0.15, -0.1) is 0 Å². The van der Waals surface area contributed by atoms with Gasteiger partial charge in [-0.05, 0) is 53.8 Å². The number of nitrogens with one attached hydrogen (secondary N) is 1. The van der Waals surface area contributed by atoms with Gasteiger partial charge < -0.3 is 5.11 Å². The summed E-state index contributed by atoms with van der Waals surface area (Å²) in [6.45, 7) is 0.349. The molecular formula is C32H31Cl2N5O4S. The van der Waals surface area contributed by atoms with Crippen LogP contribution in [0.2, 0.25) is 10.0 Å². The lowest BCUT2D eigenvalue weighted by Crippen LogP contribution is -2.46. The van der Waals surface area contributed by atoms with Crippen molar-refractivity contribution in [1.29, 1.82) is 0 Å². The molecule has 0 saturated heterocycles. The highest BCUT2D eigenvalue weighted by Crippen LogP contribution is 2.36. The van der Waals surface area contributed by atoms with E-state index in [0.29, 0.717) is 56.9 Å². The average molecular weight is 653 g/mol. The summed E-state index contributed by atoms with van der Waals surface area (Å²) in [6.07, 6.45) is 1.87. The molecule has 0 radical (unpaired) electrons. The van der Waals surface area contributed by atoms with Gasteiger partial charge in [-0.2, -0.15) is 0 Å². The lowest BCUT2D eigenvalue weighted by atomic mass is 10.0. The van der Waals surface area contributed by atoms with E-state index in [0.717, 1.165) is 40.8 Å². The second-order valence-electron chi connectivity index (χ2n) is 10.3. The molecule has 4 aromatic rings. The monoisotopic (exact) mass is 651 g/mol. The van der Waals surface area contributed by atoms with E-state index < -0.39 is 12.0 Å². The van der Waals surface area contributed by atoms with E-state index in [1.165, 1.54) is 4.90 Å². The molecule has 0 aliphatic carbocycles. The first kappa shape index (κ1) is 31.9. The standard InChI is InChI=1S/C32H31Cl2N5O4S/c33-23-15-11-21(12-16-23)29-30(22-13-17-24(34)18-14-22)36-31-26(35-29)20-27(40)32(42)38(31)19-7-2-1-6-10-28(41)37-39(43)44-25-8-4-3-5-9-25/h3-5,8-9,11-18,27,40,43H,1-2,6-7,10,19-20H2,(H,37,41). The normalized spacial score (nSPS) is 14.5. The van der Waals surface area contributed by atoms with Gasteiger partial charge in [0.15, 0.2) is 5.82 Å². The van der Waals surface area contributed by atoms with E-state index >= 15 is 0 Å². The number of anilines is 1. The highest BCUT2D eigenvalue weighted by atomic mass is 35.5. The number of amides is 2. The van der Waals surface area contributed by atoms with Crippen LogP contribution in [0, 0.1) is 0 Å². The number of hydrogen-bond donors (Lipinski definition) is 3. The fourth-order valence-electron chi connectivity index (χ4n) is 4.88. The number of unbranched alkanes of at least 4 members (excludes halogenated alkanes) is 3.